The van der Waals surface area contributed by atoms with Crippen molar-refractivity contribution in [2.24, 2.45) is 0 Å². The fourth-order valence-electron chi connectivity index (χ4n) is 3.49. The van der Waals surface area contributed by atoms with E-state index in [4.69, 9.17) is 4.42 Å². The van der Waals surface area contributed by atoms with Gasteiger partial charge < -0.3 is 4.42 Å². The predicted molar refractivity (Wildman–Crippen MR) is 122 cm³/mol. The molecule has 0 unspecified atom stereocenters. The predicted octanol–water partition coefficient (Wildman–Crippen LogP) is 7.94. The second-order valence-electron chi connectivity index (χ2n) is 7.09. The van der Waals surface area contributed by atoms with E-state index in [2.05, 4.69) is 97.1 Å². The minimum Gasteiger partial charge on any atom is -0.456 e. The van der Waals surface area contributed by atoms with Gasteiger partial charge in [0.15, 0.2) is 0 Å². The van der Waals surface area contributed by atoms with Crippen molar-refractivity contribution in [3.63, 3.8) is 0 Å². The molecule has 1 nitrogen and oxygen atoms in total. The van der Waals surface area contributed by atoms with Crippen LogP contribution in [-0.2, 0) is 0 Å². The molecule has 0 saturated heterocycles. The van der Waals surface area contributed by atoms with Crippen LogP contribution in [0.4, 0.5) is 0 Å². The highest BCUT2D eigenvalue weighted by Gasteiger charge is 2.05. The van der Waals surface area contributed by atoms with Crippen molar-refractivity contribution in [3.8, 4) is 22.5 Å². The average Bonchev–Trinajstić information content (AvgIpc) is 3.23. The Morgan fingerprint density at radius 2 is 1.03 bits per heavy atom. The van der Waals surface area contributed by atoms with E-state index < -0.39 is 0 Å². The molecule has 0 spiro atoms. The number of benzene rings is 4. The Labute approximate surface area is 170 Å². The molecule has 0 N–H and O–H groups in total. The first-order valence-electron chi connectivity index (χ1n) is 9.78. The van der Waals surface area contributed by atoms with Crippen LogP contribution in [-0.4, -0.2) is 0 Å². The molecule has 0 saturated carbocycles. The molecular weight excluding hydrogens is 352 g/mol. The molecule has 5 rings (SSSR count). The summed E-state index contributed by atoms with van der Waals surface area (Å²) in [5.74, 6) is 0.901. The molecule has 0 fully saturated rings. The van der Waals surface area contributed by atoms with Crippen LogP contribution in [0, 0.1) is 0 Å². The molecule has 29 heavy (non-hydrogen) atoms. The maximum atomic E-state index is 5.95. The van der Waals surface area contributed by atoms with E-state index >= 15 is 0 Å². The van der Waals surface area contributed by atoms with Crippen LogP contribution in [0.3, 0.4) is 0 Å². The minimum absolute atomic E-state index is 0.901. The zero-order valence-electron chi connectivity index (χ0n) is 16.0. The lowest BCUT2D eigenvalue weighted by molar-refractivity contribution is 0.631. The Morgan fingerprint density at radius 3 is 1.69 bits per heavy atom. The van der Waals surface area contributed by atoms with Crippen molar-refractivity contribution >= 4 is 23.1 Å². The number of para-hydroxylation sites is 1. The Bertz CT molecular complexity index is 1220. The largest absolute Gasteiger partial charge is 0.456 e. The Morgan fingerprint density at radius 1 is 0.483 bits per heavy atom. The Kier molecular flexibility index (Phi) is 4.56. The lowest BCUT2D eigenvalue weighted by Crippen LogP contribution is -1.78. The highest BCUT2D eigenvalue weighted by atomic mass is 16.3. The summed E-state index contributed by atoms with van der Waals surface area (Å²) in [7, 11) is 0. The minimum atomic E-state index is 0.901. The summed E-state index contributed by atoms with van der Waals surface area (Å²) in [6.45, 7) is 0. The molecule has 0 aliphatic rings. The van der Waals surface area contributed by atoms with Gasteiger partial charge in [-0.2, -0.15) is 0 Å². The fraction of sp³-hybridized carbons (Fsp3) is 0. The first-order chi connectivity index (χ1) is 14.3. The fourth-order valence-corrected chi connectivity index (χ4v) is 3.49. The third-order valence-electron chi connectivity index (χ3n) is 5.11. The van der Waals surface area contributed by atoms with E-state index in [1.807, 2.05) is 24.3 Å². The van der Waals surface area contributed by atoms with E-state index in [0.717, 1.165) is 27.9 Å². The van der Waals surface area contributed by atoms with Crippen molar-refractivity contribution in [2.45, 2.75) is 0 Å². The molecule has 0 bridgehead atoms. The van der Waals surface area contributed by atoms with Gasteiger partial charge in [-0.25, -0.2) is 0 Å². The normalized spacial score (nSPS) is 11.3. The summed E-state index contributed by atoms with van der Waals surface area (Å²) in [4.78, 5) is 0. The van der Waals surface area contributed by atoms with Gasteiger partial charge in [-0.05, 0) is 34.4 Å². The van der Waals surface area contributed by atoms with E-state index in [0.29, 0.717) is 0 Å². The molecule has 4 aromatic carbocycles. The summed E-state index contributed by atoms with van der Waals surface area (Å²) in [6, 6.07) is 37.7. The summed E-state index contributed by atoms with van der Waals surface area (Å²) in [5, 5.41) is 1.13. The summed E-state index contributed by atoms with van der Waals surface area (Å²) in [6.07, 6.45) is 4.28. The standard InChI is InChI=1S/C28H20O/c1-2-6-23(7-3-1)24-16-12-21(13-17-24)10-11-22-14-18-25(19-15-22)28-20-26-8-4-5-9-27(26)29-28/h1-20H/b11-10+. The first kappa shape index (κ1) is 17.3. The molecule has 0 aliphatic carbocycles. The van der Waals surface area contributed by atoms with Gasteiger partial charge >= 0.3 is 0 Å². The number of fused-ring (bicyclic) bond motifs is 1. The zero-order valence-corrected chi connectivity index (χ0v) is 16.0. The number of rotatable bonds is 4. The van der Waals surface area contributed by atoms with E-state index in [9.17, 15) is 0 Å². The van der Waals surface area contributed by atoms with E-state index in [-0.39, 0.29) is 0 Å². The van der Waals surface area contributed by atoms with Gasteiger partial charge in [0, 0.05) is 10.9 Å². The van der Waals surface area contributed by atoms with Crippen LogP contribution in [0.5, 0.6) is 0 Å². The molecule has 0 aliphatic heterocycles. The molecule has 1 heteroatoms. The Hall–Kier alpha value is -3.84. The lowest BCUT2D eigenvalue weighted by atomic mass is 10.0. The molecule has 138 valence electrons. The molecule has 1 aromatic heterocycles. The second-order valence-corrected chi connectivity index (χ2v) is 7.09. The van der Waals surface area contributed by atoms with Crippen molar-refractivity contribution in [1.82, 2.24) is 0 Å². The van der Waals surface area contributed by atoms with Crippen molar-refractivity contribution < 1.29 is 4.42 Å². The van der Waals surface area contributed by atoms with Crippen LogP contribution in [0.1, 0.15) is 11.1 Å². The SMILES string of the molecule is C(=C\c1ccc(-c2cc3ccccc3o2)cc1)/c1ccc(-c2ccccc2)cc1. The average molecular weight is 372 g/mol. The number of hydrogen-bond donors (Lipinski definition) is 0. The Balaban J connectivity index is 1.32. The third kappa shape index (κ3) is 3.76. The van der Waals surface area contributed by atoms with Gasteiger partial charge in [-0.3, -0.25) is 0 Å². The highest BCUT2D eigenvalue weighted by Crippen LogP contribution is 2.28. The van der Waals surface area contributed by atoms with Crippen molar-refractivity contribution in [2.75, 3.05) is 0 Å². The van der Waals surface area contributed by atoms with Crippen molar-refractivity contribution in [3.05, 3.63) is 120 Å². The van der Waals surface area contributed by atoms with Crippen LogP contribution in [0.25, 0.3) is 45.6 Å². The van der Waals surface area contributed by atoms with Gasteiger partial charge in [0.1, 0.15) is 11.3 Å². The smallest absolute Gasteiger partial charge is 0.135 e. The summed E-state index contributed by atoms with van der Waals surface area (Å²) in [5.41, 5.74) is 6.83. The van der Waals surface area contributed by atoms with Crippen LogP contribution in [0.2, 0.25) is 0 Å². The van der Waals surface area contributed by atoms with Crippen LogP contribution < -0.4 is 0 Å². The van der Waals surface area contributed by atoms with Gasteiger partial charge in [-0.15, -0.1) is 0 Å². The number of furan rings is 1. The second kappa shape index (κ2) is 7.65. The summed E-state index contributed by atoms with van der Waals surface area (Å²) >= 11 is 0. The molecule has 1 heterocycles. The molecule has 0 amide bonds. The highest BCUT2D eigenvalue weighted by molar-refractivity contribution is 5.83. The number of hydrogen-bond acceptors (Lipinski definition) is 1. The lowest BCUT2D eigenvalue weighted by Gasteiger charge is -2.02. The van der Waals surface area contributed by atoms with E-state index in [1.165, 1.54) is 16.7 Å². The maximum Gasteiger partial charge on any atom is 0.135 e. The molecule has 0 radical (unpaired) electrons. The van der Waals surface area contributed by atoms with Crippen LogP contribution >= 0.6 is 0 Å². The zero-order chi connectivity index (χ0) is 19.5. The van der Waals surface area contributed by atoms with Crippen molar-refractivity contribution in [1.29, 1.82) is 0 Å². The molecule has 0 atom stereocenters. The quantitative estimate of drug-likeness (QED) is 0.292. The van der Waals surface area contributed by atoms with Gasteiger partial charge in [0.25, 0.3) is 0 Å². The third-order valence-corrected chi connectivity index (χ3v) is 5.11. The first-order valence-corrected chi connectivity index (χ1v) is 9.78. The van der Waals surface area contributed by atoms with Gasteiger partial charge in [0.2, 0.25) is 0 Å². The monoisotopic (exact) mass is 372 g/mol. The van der Waals surface area contributed by atoms with E-state index in [1.54, 1.807) is 0 Å². The molecular formula is C28H20O. The molecule has 5 aromatic rings. The van der Waals surface area contributed by atoms with Crippen LogP contribution in [0.15, 0.2) is 114 Å². The topological polar surface area (TPSA) is 13.1 Å². The maximum absolute atomic E-state index is 5.95. The van der Waals surface area contributed by atoms with Gasteiger partial charge in [0.05, 0.1) is 0 Å². The van der Waals surface area contributed by atoms with Gasteiger partial charge in [-0.1, -0.05) is 109 Å². The summed E-state index contributed by atoms with van der Waals surface area (Å²) < 4.78 is 5.95.